The van der Waals surface area contributed by atoms with Gasteiger partial charge in [0.2, 0.25) is 5.91 Å². The van der Waals surface area contributed by atoms with E-state index in [9.17, 15) is 14.9 Å². The molecule has 1 aromatic carbocycles. The second kappa shape index (κ2) is 8.75. The molecule has 0 radical (unpaired) electrons. The van der Waals surface area contributed by atoms with Crippen LogP contribution in [0, 0.1) is 24.0 Å². The summed E-state index contributed by atoms with van der Waals surface area (Å²) in [5.41, 5.74) is 2.26. The molecular formula is C19H21N5O3S2. The Kier molecular flexibility index (Phi) is 6.33. The van der Waals surface area contributed by atoms with Gasteiger partial charge >= 0.3 is 0 Å². The number of aromatic nitrogens is 3. The maximum absolute atomic E-state index is 12.4. The number of hydrogen-bond acceptors (Lipinski definition) is 7. The molecule has 0 saturated heterocycles. The number of para-hydroxylation sites is 2. The van der Waals surface area contributed by atoms with Crippen molar-refractivity contribution < 1.29 is 9.72 Å². The minimum Gasteiger partial charge on any atom is -0.320 e. The van der Waals surface area contributed by atoms with E-state index < -0.39 is 4.92 Å². The maximum atomic E-state index is 12.4. The van der Waals surface area contributed by atoms with Gasteiger partial charge in [-0.1, -0.05) is 23.9 Å². The van der Waals surface area contributed by atoms with Crippen LogP contribution in [0.1, 0.15) is 30.3 Å². The van der Waals surface area contributed by atoms with Crippen molar-refractivity contribution in [3.05, 3.63) is 50.2 Å². The molecule has 0 atom stereocenters. The minimum absolute atomic E-state index is 0.0680. The van der Waals surface area contributed by atoms with E-state index in [1.165, 1.54) is 34.3 Å². The Balaban J connectivity index is 1.77. The minimum atomic E-state index is -0.518. The molecule has 0 fully saturated rings. The highest BCUT2D eigenvalue weighted by Crippen LogP contribution is 2.33. The average Bonchev–Trinajstić information content (AvgIpc) is 3.24. The van der Waals surface area contributed by atoms with Gasteiger partial charge in [0.1, 0.15) is 5.69 Å². The summed E-state index contributed by atoms with van der Waals surface area (Å²) in [6.07, 6.45) is 0. The van der Waals surface area contributed by atoms with Crippen molar-refractivity contribution in [1.29, 1.82) is 0 Å². The first kappa shape index (κ1) is 21.0. The van der Waals surface area contributed by atoms with E-state index in [0.717, 1.165) is 11.4 Å². The summed E-state index contributed by atoms with van der Waals surface area (Å²) >= 11 is 2.93. The first-order valence-electron chi connectivity index (χ1n) is 8.95. The molecule has 0 spiro atoms. The summed E-state index contributed by atoms with van der Waals surface area (Å²) in [5, 5.41) is 25.0. The van der Waals surface area contributed by atoms with Gasteiger partial charge in [-0.25, -0.2) is 0 Å². The van der Waals surface area contributed by atoms with Crippen LogP contribution in [-0.4, -0.2) is 31.3 Å². The zero-order valence-corrected chi connectivity index (χ0v) is 18.1. The number of nitrogens with one attached hydrogen (secondary N) is 1. The Labute approximate surface area is 176 Å². The fourth-order valence-electron chi connectivity index (χ4n) is 2.81. The lowest BCUT2D eigenvalue weighted by Gasteiger charge is -2.13. The highest BCUT2D eigenvalue weighted by molar-refractivity contribution is 7.99. The molecule has 0 aliphatic rings. The summed E-state index contributed by atoms with van der Waals surface area (Å²) in [5.74, 6) is 0.508. The Hall–Kier alpha value is -2.72. The first-order chi connectivity index (χ1) is 13.8. The van der Waals surface area contributed by atoms with Crippen LogP contribution in [0.25, 0.3) is 11.4 Å². The molecule has 152 valence electrons. The number of benzene rings is 1. The number of nitro benzene ring substituents is 1. The largest absolute Gasteiger partial charge is 0.320 e. The van der Waals surface area contributed by atoms with Crippen LogP contribution in [-0.2, 0) is 4.79 Å². The summed E-state index contributed by atoms with van der Waals surface area (Å²) in [6, 6.07) is 6.18. The van der Waals surface area contributed by atoms with Gasteiger partial charge in [0.05, 0.1) is 10.7 Å². The predicted octanol–water partition coefficient (Wildman–Crippen LogP) is 4.84. The standard InChI is InChI=1S/C19H21N5O3S2/c1-11(2)23-18(14-9-28-13(4)12(14)3)21-22-19(23)29-10-17(25)20-15-7-5-6-8-16(15)24(26)27/h5-9,11H,10H2,1-4H3,(H,20,25). The molecule has 8 nitrogen and oxygen atoms in total. The number of nitrogens with zero attached hydrogens (tertiary/aromatic N) is 4. The van der Waals surface area contributed by atoms with Crippen molar-refractivity contribution in [2.24, 2.45) is 0 Å². The van der Waals surface area contributed by atoms with Crippen molar-refractivity contribution >= 4 is 40.4 Å². The molecule has 2 aromatic heterocycles. The van der Waals surface area contributed by atoms with Crippen LogP contribution in [0.3, 0.4) is 0 Å². The molecule has 1 amide bonds. The third-order valence-electron chi connectivity index (χ3n) is 4.41. The topological polar surface area (TPSA) is 103 Å². The number of amides is 1. The zero-order chi connectivity index (χ0) is 21.1. The molecule has 0 aliphatic carbocycles. The summed E-state index contributed by atoms with van der Waals surface area (Å²) in [4.78, 5) is 24.2. The SMILES string of the molecule is Cc1scc(-c2nnc(SCC(=O)Nc3ccccc3[N+](=O)[O-])n2C(C)C)c1C. The molecule has 3 rings (SSSR count). The van der Waals surface area contributed by atoms with Gasteiger partial charge in [0.15, 0.2) is 11.0 Å². The van der Waals surface area contributed by atoms with Crippen LogP contribution < -0.4 is 5.32 Å². The molecule has 29 heavy (non-hydrogen) atoms. The van der Waals surface area contributed by atoms with Gasteiger partial charge in [-0.3, -0.25) is 19.5 Å². The lowest BCUT2D eigenvalue weighted by atomic mass is 10.1. The zero-order valence-electron chi connectivity index (χ0n) is 16.5. The van der Waals surface area contributed by atoms with E-state index in [-0.39, 0.29) is 29.1 Å². The number of nitro groups is 1. The fraction of sp³-hybridized carbons (Fsp3) is 0.316. The Morgan fingerprint density at radius 1 is 1.31 bits per heavy atom. The van der Waals surface area contributed by atoms with Gasteiger partial charge in [0, 0.05) is 27.9 Å². The highest BCUT2D eigenvalue weighted by Gasteiger charge is 2.21. The summed E-state index contributed by atoms with van der Waals surface area (Å²) < 4.78 is 2.01. The number of carbonyl (C=O) groups excluding carboxylic acids is 1. The molecular weight excluding hydrogens is 410 g/mol. The molecule has 0 bridgehead atoms. The van der Waals surface area contributed by atoms with Crippen molar-refractivity contribution in [2.45, 2.75) is 38.9 Å². The third kappa shape index (κ3) is 4.48. The van der Waals surface area contributed by atoms with Crippen molar-refractivity contribution in [3.63, 3.8) is 0 Å². The van der Waals surface area contributed by atoms with E-state index in [2.05, 4.69) is 34.7 Å². The van der Waals surface area contributed by atoms with Crippen LogP contribution in [0.5, 0.6) is 0 Å². The third-order valence-corrected chi connectivity index (χ3v) is 6.37. The highest BCUT2D eigenvalue weighted by atomic mass is 32.2. The van der Waals surface area contributed by atoms with E-state index in [1.807, 2.05) is 18.4 Å². The second-order valence-electron chi connectivity index (χ2n) is 6.71. The van der Waals surface area contributed by atoms with Crippen LogP contribution in [0.15, 0.2) is 34.8 Å². The molecule has 10 heteroatoms. The maximum Gasteiger partial charge on any atom is 0.292 e. The fourth-order valence-corrected chi connectivity index (χ4v) is 4.54. The number of thioether (sulfide) groups is 1. The molecule has 3 aromatic rings. The molecule has 0 unspecified atom stereocenters. The van der Waals surface area contributed by atoms with Crippen molar-refractivity contribution in [2.75, 3.05) is 11.1 Å². The molecule has 1 N–H and O–H groups in total. The van der Waals surface area contributed by atoms with Crippen molar-refractivity contribution in [1.82, 2.24) is 14.8 Å². The lowest BCUT2D eigenvalue weighted by Crippen LogP contribution is -2.16. The average molecular weight is 432 g/mol. The number of carbonyl (C=O) groups is 1. The van der Waals surface area contributed by atoms with Gasteiger partial charge in [0.25, 0.3) is 5.69 Å². The van der Waals surface area contributed by atoms with Gasteiger partial charge in [-0.05, 0) is 39.3 Å². The number of hydrogen-bond donors (Lipinski definition) is 1. The number of anilines is 1. The Morgan fingerprint density at radius 2 is 2.03 bits per heavy atom. The molecule has 2 heterocycles. The summed E-state index contributed by atoms with van der Waals surface area (Å²) in [7, 11) is 0. The molecule has 0 saturated carbocycles. The van der Waals surface area contributed by atoms with E-state index in [1.54, 1.807) is 23.5 Å². The van der Waals surface area contributed by atoms with E-state index in [4.69, 9.17) is 0 Å². The van der Waals surface area contributed by atoms with Gasteiger partial charge in [-0.15, -0.1) is 21.5 Å². The second-order valence-corrected chi connectivity index (χ2v) is 8.74. The summed E-state index contributed by atoms with van der Waals surface area (Å²) in [6.45, 7) is 8.22. The van der Waals surface area contributed by atoms with Gasteiger partial charge < -0.3 is 5.32 Å². The smallest absolute Gasteiger partial charge is 0.292 e. The lowest BCUT2D eigenvalue weighted by molar-refractivity contribution is -0.383. The van der Waals surface area contributed by atoms with E-state index >= 15 is 0 Å². The van der Waals surface area contributed by atoms with Crippen LogP contribution in [0.4, 0.5) is 11.4 Å². The van der Waals surface area contributed by atoms with Crippen LogP contribution >= 0.6 is 23.1 Å². The quantitative estimate of drug-likeness (QED) is 0.326. The number of thiophene rings is 1. The van der Waals surface area contributed by atoms with Crippen molar-refractivity contribution in [3.8, 4) is 11.4 Å². The first-order valence-corrected chi connectivity index (χ1v) is 10.8. The predicted molar refractivity (Wildman–Crippen MR) is 116 cm³/mol. The Bertz CT molecular complexity index is 1060. The molecule has 0 aliphatic heterocycles. The Morgan fingerprint density at radius 3 is 2.66 bits per heavy atom. The normalized spacial score (nSPS) is 11.1. The van der Waals surface area contributed by atoms with Crippen LogP contribution in [0.2, 0.25) is 0 Å². The van der Waals surface area contributed by atoms with Gasteiger partial charge in [-0.2, -0.15) is 0 Å². The number of aryl methyl sites for hydroxylation is 1. The number of rotatable bonds is 7. The van der Waals surface area contributed by atoms with E-state index in [0.29, 0.717) is 5.16 Å². The monoisotopic (exact) mass is 431 g/mol.